The Hall–Kier alpha value is -3.87. The van der Waals surface area contributed by atoms with Crippen LogP contribution in [-0.2, 0) is 6.61 Å². The summed E-state index contributed by atoms with van der Waals surface area (Å²) in [5.41, 5.74) is 2.29. The highest BCUT2D eigenvalue weighted by atomic mass is 19.1. The molecule has 2 aromatic heterocycles. The number of halogens is 1. The van der Waals surface area contributed by atoms with Gasteiger partial charge >= 0.3 is 0 Å². The van der Waals surface area contributed by atoms with E-state index in [4.69, 9.17) is 9.47 Å². The summed E-state index contributed by atoms with van der Waals surface area (Å²) in [6.07, 6.45) is 5.44. The van der Waals surface area contributed by atoms with Gasteiger partial charge in [-0.15, -0.1) is 0 Å². The molecule has 4 aromatic rings. The summed E-state index contributed by atoms with van der Waals surface area (Å²) in [6, 6.07) is 18.8. The fourth-order valence-electron chi connectivity index (χ4n) is 3.17. The second kappa shape index (κ2) is 10.4. The Morgan fingerprint density at radius 3 is 2.47 bits per heavy atom. The Morgan fingerprint density at radius 1 is 0.938 bits per heavy atom. The van der Waals surface area contributed by atoms with E-state index in [1.165, 1.54) is 12.1 Å². The molecule has 0 unspecified atom stereocenters. The first kappa shape index (κ1) is 21.4. The van der Waals surface area contributed by atoms with Crippen molar-refractivity contribution in [2.24, 2.45) is 0 Å². The number of fused-ring (bicyclic) bond motifs is 1. The molecule has 0 saturated carbocycles. The molecular weight excluding hydrogens is 409 g/mol. The molecule has 164 valence electrons. The normalized spacial score (nSPS) is 10.8. The minimum atomic E-state index is -0.286. The van der Waals surface area contributed by atoms with Crippen LogP contribution in [0.4, 0.5) is 4.39 Å². The lowest BCUT2D eigenvalue weighted by Gasteiger charge is -2.08. The number of aromatic nitrogens is 2. The predicted octanol–water partition coefficient (Wildman–Crippen LogP) is 4.64. The van der Waals surface area contributed by atoms with Crippen molar-refractivity contribution < 1.29 is 18.7 Å². The summed E-state index contributed by atoms with van der Waals surface area (Å²) in [4.78, 5) is 16.8. The maximum Gasteiger partial charge on any atom is 0.251 e. The Balaban J connectivity index is 1.15. The van der Waals surface area contributed by atoms with Gasteiger partial charge in [0.1, 0.15) is 29.6 Å². The first-order valence-corrected chi connectivity index (χ1v) is 10.5. The monoisotopic (exact) mass is 433 g/mol. The van der Waals surface area contributed by atoms with Crippen molar-refractivity contribution >= 4 is 11.6 Å². The number of imidazole rings is 1. The number of rotatable bonds is 10. The van der Waals surface area contributed by atoms with Gasteiger partial charge in [-0.1, -0.05) is 6.07 Å². The molecule has 0 saturated heterocycles. The van der Waals surface area contributed by atoms with E-state index in [9.17, 15) is 9.18 Å². The maximum atomic E-state index is 12.9. The third-order valence-corrected chi connectivity index (χ3v) is 4.86. The number of unbranched alkanes of at least 4 members (excludes halogenated alkanes) is 1. The number of nitrogens with zero attached hydrogens (tertiary/aromatic N) is 2. The van der Waals surface area contributed by atoms with E-state index in [2.05, 4.69) is 10.3 Å². The Labute approximate surface area is 185 Å². The van der Waals surface area contributed by atoms with E-state index in [-0.39, 0.29) is 11.7 Å². The lowest BCUT2D eigenvalue weighted by atomic mass is 10.2. The zero-order valence-electron chi connectivity index (χ0n) is 17.5. The maximum absolute atomic E-state index is 12.9. The van der Waals surface area contributed by atoms with E-state index in [0.29, 0.717) is 36.8 Å². The highest BCUT2D eigenvalue weighted by Crippen LogP contribution is 2.15. The number of carbonyl (C=O) groups is 1. The number of benzene rings is 2. The Bertz CT molecular complexity index is 1120. The van der Waals surface area contributed by atoms with Crippen LogP contribution in [0.15, 0.2) is 79.1 Å². The molecule has 0 aliphatic rings. The van der Waals surface area contributed by atoms with Gasteiger partial charge in [0.2, 0.25) is 0 Å². The van der Waals surface area contributed by atoms with Crippen LogP contribution in [0.1, 0.15) is 28.9 Å². The molecule has 0 aliphatic heterocycles. The molecule has 6 nitrogen and oxygen atoms in total. The van der Waals surface area contributed by atoms with Gasteiger partial charge in [0.05, 0.1) is 12.3 Å². The van der Waals surface area contributed by atoms with Gasteiger partial charge in [0, 0.05) is 24.5 Å². The second-order valence-corrected chi connectivity index (χ2v) is 7.28. The molecule has 2 aromatic carbocycles. The predicted molar refractivity (Wildman–Crippen MR) is 119 cm³/mol. The topological polar surface area (TPSA) is 64.9 Å². The SMILES string of the molecule is O=C(NCCCCOc1ccc(F)cc1)c1ccc(OCc2cn3ccccc3n2)cc1. The Kier molecular flexibility index (Phi) is 6.97. The average Bonchev–Trinajstić information content (AvgIpc) is 3.24. The van der Waals surface area contributed by atoms with E-state index in [0.717, 1.165) is 24.2 Å². The summed E-state index contributed by atoms with van der Waals surface area (Å²) in [7, 11) is 0. The van der Waals surface area contributed by atoms with Crippen molar-refractivity contribution in [1.82, 2.24) is 14.7 Å². The highest BCUT2D eigenvalue weighted by Gasteiger charge is 2.06. The third kappa shape index (κ3) is 5.85. The van der Waals surface area contributed by atoms with Gasteiger partial charge in [-0.3, -0.25) is 4.79 Å². The standard InChI is InChI=1S/C25H24FN3O3/c26-20-8-12-22(13-9-20)31-16-4-2-14-27-25(30)19-6-10-23(11-7-19)32-18-21-17-29-15-3-1-5-24(29)28-21/h1,3,5-13,15,17H,2,4,14,16,18H2,(H,27,30). The lowest BCUT2D eigenvalue weighted by Crippen LogP contribution is -2.24. The van der Waals surface area contributed by atoms with Crippen molar-refractivity contribution in [2.75, 3.05) is 13.2 Å². The zero-order chi connectivity index (χ0) is 22.2. The van der Waals surface area contributed by atoms with Crippen LogP contribution >= 0.6 is 0 Å². The smallest absolute Gasteiger partial charge is 0.251 e. The zero-order valence-corrected chi connectivity index (χ0v) is 17.5. The molecule has 1 N–H and O–H groups in total. The van der Waals surface area contributed by atoms with E-state index in [1.54, 1.807) is 36.4 Å². The first-order valence-electron chi connectivity index (χ1n) is 10.5. The van der Waals surface area contributed by atoms with Crippen molar-refractivity contribution in [2.45, 2.75) is 19.4 Å². The highest BCUT2D eigenvalue weighted by molar-refractivity contribution is 5.94. The minimum Gasteiger partial charge on any atom is -0.494 e. The molecule has 0 bridgehead atoms. The van der Waals surface area contributed by atoms with Crippen LogP contribution in [0.3, 0.4) is 0 Å². The van der Waals surface area contributed by atoms with Gasteiger partial charge < -0.3 is 19.2 Å². The molecule has 0 atom stereocenters. The van der Waals surface area contributed by atoms with Crippen molar-refractivity contribution in [3.05, 3.63) is 96.2 Å². The number of nitrogens with one attached hydrogen (secondary N) is 1. The van der Waals surface area contributed by atoms with Crippen molar-refractivity contribution in [1.29, 1.82) is 0 Å². The molecule has 0 aliphatic carbocycles. The van der Waals surface area contributed by atoms with Crippen molar-refractivity contribution in [3.63, 3.8) is 0 Å². The molecule has 32 heavy (non-hydrogen) atoms. The van der Waals surface area contributed by atoms with Crippen LogP contribution in [0.2, 0.25) is 0 Å². The van der Waals surface area contributed by atoms with Gasteiger partial charge in [0.25, 0.3) is 5.91 Å². The molecule has 0 spiro atoms. The number of carbonyl (C=O) groups excluding carboxylic acids is 1. The van der Waals surface area contributed by atoms with E-state index < -0.39 is 0 Å². The fourth-order valence-corrected chi connectivity index (χ4v) is 3.17. The summed E-state index contributed by atoms with van der Waals surface area (Å²) in [5.74, 6) is 0.901. The Morgan fingerprint density at radius 2 is 1.69 bits per heavy atom. The largest absolute Gasteiger partial charge is 0.494 e. The van der Waals surface area contributed by atoms with Crippen LogP contribution in [-0.4, -0.2) is 28.4 Å². The average molecular weight is 433 g/mol. The summed E-state index contributed by atoms with van der Waals surface area (Å²) >= 11 is 0. The molecule has 4 rings (SSSR count). The number of hydrogen-bond acceptors (Lipinski definition) is 4. The van der Waals surface area contributed by atoms with Crippen LogP contribution in [0.5, 0.6) is 11.5 Å². The summed E-state index contributed by atoms with van der Waals surface area (Å²) in [5, 5.41) is 2.90. The number of pyridine rings is 1. The van der Waals surface area contributed by atoms with Crippen LogP contribution < -0.4 is 14.8 Å². The number of ether oxygens (including phenoxy) is 2. The second-order valence-electron chi connectivity index (χ2n) is 7.28. The molecular formula is C25H24FN3O3. The molecule has 1 amide bonds. The summed E-state index contributed by atoms with van der Waals surface area (Å²) < 4.78 is 26.1. The molecule has 7 heteroatoms. The van der Waals surface area contributed by atoms with E-state index in [1.807, 2.05) is 35.0 Å². The van der Waals surface area contributed by atoms with Crippen LogP contribution in [0.25, 0.3) is 5.65 Å². The first-order chi connectivity index (χ1) is 15.7. The van der Waals surface area contributed by atoms with Crippen molar-refractivity contribution in [3.8, 4) is 11.5 Å². The quantitative estimate of drug-likeness (QED) is 0.370. The lowest BCUT2D eigenvalue weighted by molar-refractivity contribution is 0.0952. The van der Waals surface area contributed by atoms with Gasteiger partial charge in [-0.05, 0) is 73.5 Å². The van der Waals surface area contributed by atoms with Gasteiger partial charge in [-0.25, -0.2) is 9.37 Å². The fraction of sp³-hybridized carbons (Fsp3) is 0.200. The molecule has 2 heterocycles. The minimum absolute atomic E-state index is 0.128. The van der Waals surface area contributed by atoms with Gasteiger partial charge in [0.15, 0.2) is 0 Å². The van der Waals surface area contributed by atoms with Crippen LogP contribution in [0, 0.1) is 5.82 Å². The van der Waals surface area contributed by atoms with E-state index >= 15 is 0 Å². The number of amides is 1. The van der Waals surface area contributed by atoms with Gasteiger partial charge in [-0.2, -0.15) is 0 Å². The summed E-state index contributed by atoms with van der Waals surface area (Å²) in [6.45, 7) is 1.42. The molecule has 0 fully saturated rings. The third-order valence-electron chi connectivity index (χ3n) is 4.86. The number of hydrogen-bond donors (Lipinski definition) is 1. The molecule has 0 radical (unpaired) electrons.